The van der Waals surface area contributed by atoms with E-state index in [0.717, 1.165) is 0 Å². The lowest BCUT2D eigenvalue weighted by molar-refractivity contribution is 0.112. The van der Waals surface area contributed by atoms with Crippen LogP contribution in [0, 0.1) is 0 Å². The Morgan fingerprint density at radius 2 is 1.94 bits per heavy atom. The first-order valence-corrected chi connectivity index (χ1v) is 5.41. The molecule has 2 aromatic rings. The van der Waals surface area contributed by atoms with Crippen LogP contribution in [0.1, 0.15) is 10.4 Å². The van der Waals surface area contributed by atoms with Gasteiger partial charge < -0.3 is 0 Å². The second-order valence-corrected chi connectivity index (χ2v) is 4.20. The van der Waals surface area contributed by atoms with E-state index in [9.17, 15) is 4.79 Å². The molecule has 1 heterocycles. The van der Waals surface area contributed by atoms with Crippen molar-refractivity contribution in [1.29, 1.82) is 0 Å². The largest absolute Gasteiger partial charge is 0.298 e. The van der Waals surface area contributed by atoms with Gasteiger partial charge >= 0.3 is 0 Å². The highest BCUT2D eigenvalue weighted by atomic mass is 35.5. The van der Waals surface area contributed by atoms with Crippen LogP contribution in [0.3, 0.4) is 0 Å². The molecule has 1 N–H and O–H groups in total. The van der Waals surface area contributed by atoms with Crippen molar-refractivity contribution in [3.05, 3.63) is 39.0 Å². The molecule has 0 atom stereocenters. The first-order valence-electron chi connectivity index (χ1n) is 4.27. The number of benzene rings is 1. The fourth-order valence-corrected chi connectivity index (χ4v) is 1.95. The molecule has 0 aliphatic carbocycles. The first kappa shape index (κ1) is 11.5. The van der Waals surface area contributed by atoms with Crippen molar-refractivity contribution in [2.45, 2.75) is 0 Å². The predicted octanol–water partition coefficient (Wildman–Crippen LogP) is 3.85. The molecule has 1 aromatic carbocycles. The van der Waals surface area contributed by atoms with Crippen molar-refractivity contribution < 1.29 is 4.79 Å². The van der Waals surface area contributed by atoms with Gasteiger partial charge in [-0.15, -0.1) is 0 Å². The van der Waals surface area contributed by atoms with Crippen LogP contribution >= 0.6 is 34.8 Å². The molecule has 0 aliphatic heterocycles. The van der Waals surface area contributed by atoms with Crippen molar-refractivity contribution in [2.24, 2.45) is 0 Å². The molecule has 6 heteroatoms. The van der Waals surface area contributed by atoms with E-state index in [1.165, 1.54) is 6.20 Å². The highest BCUT2D eigenvalue weighted by molar-refractivity contribution is 6.49. The van der Waals surface area contributed by atoms with Crippen molar-refractivity contribution in [3.63, 3.8) is 0 Å². The normalized spacial score (nSPS) is 10.4. The van der Waals surface area contributed by atoms with Gasteiger partial charge in [0.2, 0.25) is 0 Å². The number of hydrogen-bond acceptors (Lipinski definition) is 2. The third-order valence-electron chi connectivity index (χ3n) is 2.10. The van der Waals surface area contributed by atoms with Gasteiger partial charge in [-0.1, -0.05) is 34.8 Å². The molecule has 0 bridgehead atoms. The summed E-state index contributed by atoms with van der Waals surface area (Å²) in [4.78, 5) is 10.8. The van der Waals surface area contributed by atoms with Gasteiger partial charge in [-0.2, -0.15) is 5.10 Å². The Hall–Kier alpha value is -1.03. The Balaban J connectivity index is 2.65. The summed E-state index contributed by atoms with van der Waals surface area (Å²) in [5.74, 6) is 0. The van der Waals surface area contributed by atoms with Crippen molar-refractivity contribution >= 4 is 41.1 Å². The van der Waals surface area contributed by atoms with Crippen LogP contribution in [0.4, 0.5) is 0 Å². The van der Waals surface area contributed by atoms with Crippen LogP contribution in [0.15, 0.2) is 18.3 Å². The Labute approximate surface area is 106 Å². The number of carbonyl (C=O) groups is 1. The molecular weight excluding hydrogens is 270 g/mol. The summed E-state index contributed by atoms with van der Waals surface area (Å²) in [6, 6.07) is 3.29. The number of aromatic amines is 1. The van der Waals surface area contributed by atoms with Crippen molar-refractivity contribution in [1.82, 2.24) is 10.2 Å². The fourth-order valence-electron chi connectivity index (χ4n) is 1.32. The van der Waals surface area contributed by atoms with E-state index in [2.05, 4.69) is 10.2 Å². The number of nitrogens with zero attached hydrogens (tertiary/aromatic N) is 1. The number of carbonyl (C=O) groups excluding carboxylic acids is 1. The fraction of sp³-hybridized carbons (Fsp3) is 0. The van der Waals surface area contributed by atoms with E-state index < -0.39 is 0 Å². The summed E-state index contributed by atoms with van der Waals surface area (Å²) in [5.41, 5.74) is 1.54. The lowest BCUT2D eigenvalue weighted by Crippen LogP contribution is -1.86. The van der Waals surface area contributed by atoms with Gasteiger partial charge in [-0.05, 0) is 12.1 Å². The van der Waals surface area contributed by atoms with E-state index in [-0.39, 0.29) is 5.02 Å². The molecule has 0 radical (unpaired) electrons. The second kappa shape index (κ2) is 4.45. The second-order valence-electron chi connectivity index (χ2n) is 3.04. The minimum atomic E-state index is 0.257. The zero-order valence-corrected chi connectivity index (χ0v) is 10.1. The minimum absolute atomic E-state index is 0.257. The highest BCUT2D eigenvalue weighted by Gasteiger charge is 2.14. The molecule has 0 aliphatic rings. The third kappa shape index (κ3) is 1.82. The molecule has 0 fully saturated rings. The monoisotopic (exact) mass is 274 g/mol. The molecule has 2 rings (SSSR count). The standard InChI is InChI=1S/C10H5Cl3N2O/c11-7-2-1-6(8(12)9(7)13)10-5(4-16)3-14-15-10/h1-4H,(H,14,15). The minimum Gasteiger partial charge on any atom is -0.298 e. The van der Waals surface area contributed by atoms with E-state index >= 15 is 0 Å². The zero-order valence-electron chi connectivity index (χ0n) is 7.80. The lowest BCUT2D eigenvalue weighted by atomic mass is 10.1. The third-order valence-corrected chi connectivity index (χ3v) is 3.39. The van der Waals surface area contributed by atoms with Crippen LogP contribution in [0.5, 0.6) is 0 Å². The first-order chi connectivity index (χ1) is 7.65. The number of aldehydes is 1. The number of H-pyrrole nitrogens is 1. The number of rotatable bonds is 2. The topological polar surface area (TPSA) is 45.8 Å². The SMILES string of the molecule is O=Cc1cn[nH]c1-c1ccc(Cl)c(Cl)c1Cl. The molecular formula is C10H5Cl3N2O. The van der Waals surface area contributed by atoms with Gasteiger partial charge in [-0.3, -0.25) is 9.89 Å². The van der Waals surface area contributed by atoms with Crippen LogP contribution < -0.4 is 0 Å². The van der Waals surface area contributed by atoms with Gasteiger partial charge in [0, 0.05) is 5.56 Å². The number of nitrogens with one attached hydrogen (secondary N) is 1. The average molecular weight is 276 g/mol. The van der Waals surface area contributed by atoms with Crippen LogP contribution in [-0.2, 0) is 0 Å². The van der Waals surface area contributed by atoms with E-state index in [4.69, 9.17) is 34.8 Å². The van der Waals surface area contributed by atoms with Gasteiger partial charge in [0.05, 0.1) is 32.5 Å². The number of hydrogen-bond donors (Lipinski definition) is 1. The average Bonchev–Trinajstić information content (AvgIpc) is 2.74. The van der Waals surface area contributed by atoms with Crippen LogP contribution in [0.2, 0.25) is 15.1 Å². The molecule has 0 saturated heterocycles. The molecule has 0 unspecified atom stereocenters. The zero-order chi connectivity index (χ0) is 11.7. The van der Waals surface area contributed by atoms with Crippen molar-refractivity contribution in [2.75, 3.05) is 0 Å². The molecule has 16 heavy (non-hydrogen) atoms. The Morgan fingerprint density at radius 3 is 2.62 bits per heavy atom. The molecule has 0 amide bonds. The van der Waals surface area contributed by atoms with Crippen LogP contribution in [0.25, 0.3) is 11.3 Å². The smallest absolute Gasteiger partial charge is 0.153 e. The van der Waals surface area contributed by atoms with Gasteiger partial charge in [0.15, 0.2) is 6.29 Å². The molecule has 1 aromatic heterocycles. The lowest BCUT2D eigenvalue weighted by Gasteiger charge is -2.05. The highest BCUT2D eigenvalue weighted by Crippen LogP contribution is 2.37. The predicted molar refractivity (Wildman–Crippen MR) is 64.4 cm³/mol. The summed E-state index contributed by atoms with van der Waals surface area (Å²) in [7, 11) is 0. The van der Waals surface area contributed by atoms with Crippen molar-refractivity contribution in [3.8, 4) is 11.3 Å². The molecule has 0 saturated carbocycles. The molecule has 0 spiro atoms. The maximum atomic E-state index is 10.8. The summed E-state index contributed by atoms with van der Waals surface area (Å²) < 4.78 is 0. The maximum absolute atomic E-state index is 10.8. The van der Waals surface area contributed by atoms with E-state index in [1.54, 1.807) is 12.1 Å². The Morgan fingerprint density at radius 1 is 1.19 bits per heavy atom. The van der Waals surface area contributed by atoms with E-state index in [0.29, 0.717) is 33.2 Å². The summed E-state index contributed by atoms with van der Waals surface area (Å²) >= 11 is 17.8. The Kier molecular flexibility index (Phi) is 3.19. The van der Waals surface area contributed by atoms with Crippen LogP contribution in [-0.4, -0.2) is 16.5 Å². The quantitative estimate of drug-likeness (QED) is 0.668. The number of halogens is 3. The maximum Gasteiger partial charge on any atom is 0.153 e. The summed E-state index contributed by atoms with van der Waals surface area (Å²) in [5, 5.41) is 7.38. The van der Waals surface area contributed by atoms with Gasteiger partial charge in [0.1, 0.15) is 0 Å². The van der Waals surface area contributed by atoms with Gasteiger partial charge in [0.25, 0.3) is 0 Å². The Bertz CT molecular complexity index is 551. The number of aromatic nitrogens is 2. The molecule has 82 valence electrons. The molecule has 3 nitrogen and oxygen atoms in total. The summed E-state index contributed by atoms with van der Waals surface area (Å²) in [6.07, 6.45) is 2.11. The summed E-state index contributed by atoms with van der Waals surface area (Å²) in [6.45, 7) is 0. The van der Waals surface area contributed by atoms with Gasteiger partial charge in [-0.25, -0.2) is 0 Å². The van der Waals surface area contributed by atoms with E-state index in [1.807, 2.05) is 0 Å².